The largest absolute Gasteiger partial charge is 0.481 e. The lowest BCUT2D eigenvalue weighted by Gasteiger charge is -2.15. The van der Waals surface area contributed by atoms with E-state index in [0.717, 1.165) is 4.47 Å². The summed E-state index contributed by atoms with van der Waals surface area (Å²) < 4.78 is 6.17. The summed E-state index contributed by atoms with van der Waals surface area (Å²) in [5, 5.41) is 0.510. The molecule has 1 aromatic heterocycles. The number of hydrogen-bond donors (Lipinski definition) is 3. The Morgan fingerprint density at radius 1 is 1.32 bits per heavy atom. The molecule has 1 atom stereocenters. The third kappa shape index (κ3) is 4.51. The number of carbonyl (C=O) groups is 2. The van der Waals surface area contributed by atoms with Crippen molar-refractivity contribution in [3.05, 3.63) is 51.7 Å². The molecule has 0 fully saturated rings. The highest BCUT2D eigenvalue weighted by Crippen LogP contribution is 2.18. The van der Waals surface area contributed by atoms with Gasteiger partial charge in [0.1, 0.15) is 11.4 Å². The summed E-state index contributed by atoms with van der Waals surface area (Å²) in [4.78, 5) is 26.4. The number of aromatic amines is 1. The first-order valence-electron chi connectivity index (χ1n) is 6.32. The molecule has 0 saturated heterocycles. The third-order valence-corrected chi connectivity index (χ3v) is 3.36. The van der Waals surface area contributed by atoms with Crippen LogP contribution in [0.5, 0.6) is 5.75 Å². The maximum Gasteiger partial charge on any atom is 0.286 e. The highest BCUT2D eigenvalue weighted by atomic mass is 79.9. The van der Waals surface area contributed by atoms with Crippen LogP contribution in [0.25, 0.3) is 0 Å². The average molecular weight is 387 g/mol. The first kappa shape index (κ1) is 16.4. The molecule has 0 saturated carbocycles. The molecule has 0 aliphatic heterocycles. The molecule has 3 N–H and O–H groups in total. The molecule has 2 amide bonds. The van der Waals surface area contributed by atoms with E-state index in [1.54, 1.807) is 43.5 Å². The van der Waals surface area contributed by atoms with Crippen LogP contribution in [-0.2, 0) is 4.79 Å². The summed E-state index contributed by atoms with van der Waals surface area (Å²) in [6.07, 6.45) is 0.816. The summed E-state index contributed by atoms with van der Waals surface area (Å²) in [6.45, 7) is 1.56. The van der Waals surface area contributed by atoms with E-state index in [-0.39, 0.29) is 0 Å². The number of benzene rings is 1. The van der Waals surface area contributed by atoms with E-state index in [1.165, 1.54) is 0 Å². The fourth-order valence-electron chi connectivity index (χ4n) is 1.58. The number of carbonyl (C=O) groups excluding carboxylic acids is 2. The van der Waals surface area contributed by atoms with Crippen molar-refractivity contribution >= 4 is 39.3 Å². The fourth-order valence-corrected chi connectivity index (χ4v) is 2.11. The van der Waals surface area contributed by atoms with E-state index in [0.29, 0.717) is 16.5 Å². The minimum atomic E-state index is -0.797. The van der Waals surface area contributed by atoms with Crippen molar-refractivity contribution in [2.75, 3.05) is 0 Å². The van der Waals surface area contributed by atoms with Crippen molar-refractivity contribution < 1.29 is 14.3 Å². The minimum absolute atomic E-state index is 0.315. The molecule has 0 aliphatic rings. The predicted molar refractivity (Wildman–Crippen MR) is 85.6 cm³/mol. The molecule has 0 bridgehead atoms. The smallest absolute Gasteiger partial charge is 0.286 e. The van der Waals surface area contributed by atoms with Gasteiger partial charge < -0.3 is 9.72 Å². The Morgan fingerprint density at radius 2 is 2.09 bits per heavy atom. The van der Waals surface area contributed by atoms with Crippen LogP contribution in [0.4, 0.5) is 0 Å². The first-order valence-corrected chi connectivity index (χ1v) is 7.49. The molecule has 6 nitrogen and oxygen atoms in total. The third-order valence-electron chi connectivity index (χ3n) is 2.67. The molecule has 0 aliphatic carbocycles. The number of aromatic nitrogens is 1. The van der Waals surface area contributed by atoms with Crippen molar-refractivity contribution in [3.63, 3.8) is 0 Å². The molecule has 1 unspecified atom stereocenters. The second-order valence-electron chi connectivity index (χ2n) is 4.39. The maximum absolute atomic E-state index is 11.9. The average Bonchev–Trinajstić information content (AvgIpc) is 2.91. The van der Waals surface area contributed by atoms with Gasteiger partial charge in [-0.2, -0.15) is 0 Å². The van der Waals surface area contributed by atoms with Gasteiger partial charge in [0, 0.05) is 15.7 Å². The van der Waals surface area contributed by atoms with Gasteiger partial charge in [-0.25, -0.2) is 0 Å². The summed E-state index contributed by atoms with van der Waals surface area (Å²) in [5.74, 6) is -0.484. The molecule has 2 aromatic rings. The second kappa shape index (κ2) is 7.33. The lowest BCUT2D eigenvalue weighted by molar-refractivity contribution is -0.128. The molecule has 116 valence electrons. The van der Waals surface area contributed by atoms with E-state index in [2.05, 4.69) is 31.8 Å². The molecule has 8 heteroatoms. The van der Waals surface area contributed by atoms with Crippen LogP contribution in [0.2, 0.25) is 5.02 Å². The van der Waals surface area contributed by atoms with Gasteiger partial charge in [0.15, 0.2) is 6.10 Å². The predicted octanol–water partition coefficient (Wildman–Crippen LogP) is 2.66. The van der Waals surface area contributed by atoms with Gasteiger partial charge in [0.2, 0.25) is 0 Å². The SMILES string of the molecule is CC(Oc1cccc(Cl)c1)C(=O)NNC(=O)c1cc(Br)c[nH]1. The standard InChI is InChI=1S/C14H13BrClN3O3/c1-8(22-11-4-2-3-10(16)6-11)13(20)18-19-14(21)12-5-9(15)7-17-12/h2-8,17H,1H3,(H,18,20)(H,19,21). The van der Waals surface area contributed by atoms with Gasteiger partial charge in [-0.1, -0.05) is 17.7 Å². The van der Waals surface area contributed by atoms with Gasteiger partial charge >= 0.3 is 0 Å². The van der Waals surface area contributed by atoms with E-state index in [9.17, 15) is 9.59 Å². The number of rotatable bonds is 4. The Morgan fingerprint density at radius 3 is 2.73 bits per heavy atom. The van der Waals surface area contributed by atoms with Crippen LogP contribution < -0.4 is 15.6 Å². The van der Waals surface area contributed by atoms with Gasteiger partial charge in [0.25, 0.3) is 11.8 Å². The minimum Gasteiger partial charge on any atom is -0.481 e. The molecule has 0 spiro atoms. The molecular weight excluding hydrogens is 374 g/mol. The van der Waals surface area contributed by atoms with Crippen molar-refractivity contribution in [3.8, 4) is 5.75 Å². The number of hydrazine groups is 1. The number of amides is 2. The topological polar surface area (TPSA) is 83.2 Å². The molecular formula is C14H13BrClN3O3. The molecule has 0 radical (unpaired) electrons. The number of hydrogen-bond acceptors (Lipinski definition) is 3. The second-order valence-corrected chi connectivity index (χ2v) is 5.74. The van der Waals surface area contributed by atoms with E-state index in [4.69, 9.17) is 16.3 Å². The number of nitrogens with one attached hydrogen (secondary N) is 3. The summed E-state index contributed by atoms with van der Waals surface area (Å²) in [7, 11) is 0. The van der Waals surface area contributed by atoms with Crippen LogP contribution in [0.15, 0.2) is 41.0 Å². The van der Waals surface area contributed by atoms with Gasteiger partial charge in [0.05, 0.1) is 0 Å². The molecule has 22 heavy (non-hydrogen) atoms. The normalized spacial score (nSPS) is 11.6. The zero-order valence-corrected chi connectivity index (χ0v) is 13.9. The Bertz CT molecular complexity index is 689. The van der Waals surface area contributed by atoms with Crippen molar-refractivity contribution in [2.24, 2.45) is 0 Å². The van der Waals surface area contributed by atoms with E-state index < -0.39 is 17.9 Å². The summed E-state index contributed by atoms with van der Waals surface area (Å²) in [6, 6.07) is 8.29. The lowest BCUT2D eigenvalue weighted by Crippen LogP contribution is -2.47. The van der Waals surface area contributed by atoms with E-state index in [1.807, 2.05) is 0 Å². The first-order chi connectivity index (χ1) is 10.5. The van der Waals surface area contributed by atoms with Crippen molar-refractivity contribution in [1.29, 1.82) is 0 Å². The van der Waals surface area contributed by atoms with Crippen LogP contribution in [-0.4, -0.2) is 22.9 Å². The monoisotopic (exact) mass is 385 g/mol. The lowest BCUT2D eigenvalue weighted by atomic mass is 10.3. The van der Waals surface area contributed by atoms with Crippen LogP contribution in [0.1, 0.15) is 17.4 Å². The Hall–Kier alpha value is -1.99. The Balaban J connectivity index is 1.85. The van der Waals surface area contributed by atoms with Gasteiger partial charge in [-0.15, -0.1) is 0 Å². The quantitative estimate of drug-likeness (QED) is 0.707. The highest BCUT2D eigenvalue weighted by molar-refractivity contribution is 9.10. The van der Waals surface area contributed by atoms with Crippen molar-refractivity contribution in [2.45, 2.75) is 13.0 Å². The van der Waals surface area contributed by atoms with Crippen LogP contribution in [0, 0.1) is 0 Å². The number of ether oxygens (including phenoxy) is 1. The molecule has 1 heterocycles. The van der Waals surface area contributed by atoms with Crippen LogP contribution in [0.3, 0.4) is 0 Å². The fraction of sp³-hybridized carbons (Fsp3) is 0.143. The summed E-state index contributed by atoms with van der Waals surface area (Å²) >= 11 is 9.05. The maximum atomic E-state index is 11.9. The number of H-pyrrole nitrogens is 1. The number of halogens is 2. The Kier molecular flexibility index (Phi) is 5.46. The highest BCUT2D eigenvalue weighted by Gasteiger charge is 2.16. The zero-order valence-electron chi connectivity index (χ0n) is 11.5. The van der Waals surface area contributed by atoms with Gasteiger partial charge in [-0.05, 0) is 47.1 Å². The molecule has 2 rings (SSSR count). The summed E-state index contributed by atoms with van der Waals surface area (Å²) in [5.41, 5.74) is 4.90. The van der Waals surface area contributed by atoms with Crippen molar-refractivity contribution in [1.82, 2.24) is 15.8 Å². The zero-order chi connectivity index (χ0) is 16.1. The molecule has 1 aromatic carbocycles. The Labute approximate surface area is 140 Å². The van der Waals surface area contributed by atoms with E-state index >= 15 is 0 Å². The van der Waals surface area contributed by atoms with Crippen LogP contribution >= 0.6 is 27.5 Å². The van der Waals surface area contributed by atoms with Gasteiger partial charge in [-0.3, -0.25) is 20.4 Å².